The van der Waals surface area contributed by atoms with Crippen LogP contribution in [0.15, 0.2) is 18.2 Å². The first-order chi connectivity index (χ1) is 8.12. The van der Waals surface area contributed by atoms with E-state index in [0.717, 1.165) is 28.8 Å². The summed E-state index contributed by atoms with van der Waals surface area (Å²) < 4.78 is 0. The van der Waals surface area contributed by atoms with Crippen molar-refractivity contribution in [3.05, 3.63) is 35.2 Å². The van der Waals surface area contributed by atoms with Gasteiger partial charge in [-0.25, -0.2) is 9.97 Å². The zero-order valence-corrected chi connectivity index (χ0v) is 10.3. The van der Waals surface area contributed by atoms with Gasteiger partial charge in [-0.15, -0.1) is 0 Å². The van der Waals surface area contributed by atoms with Gasteiger partial charge in [0.25, 0.3) is 6.47 Å². The van der Waals surface area contributed by atoms with Gasteiger partial charge in [-0.05, 0) is 38.0 Å². The van der Waals surface area contributed by atoms with Crippen molar-refractivity contribution in [1.82, 2.24) is 9.97 Å². The molecule has 0 spiro atoms. The van der Waals surface area contributed by atoms with Gasteiger partial charge in [-0.1, -0.05) is 13.0 Å². The third kappa shape index (κ3) is 3.24. The van der Waals surface area contributed by atoms with Crippen molar-refractivity contribution < 1.29 is 9.90 Å². The fraction of sp³-hybridized carbons (Fsp3) is 0.308. The number of fused-ring (bicyclic) bond motifs is 1. The molecule has 90 valence electrons. The number of aryl methyl sites for hydroxylation is 3. The first-order valence-corrected chi connectivity index (χ1v) is 5.44. The Balaban J connectivity index is 0.000000437. The quantitative estimate of drug-likeness (QED) is 0.767. The highest BCUT2D eigenvalue weighted by atomic mass is 16.3. The number of carboxylic acid groups (broad SMARTS) is 1. The molecule has 2 aromatic rings. The predicted molar refractivity (Wildman–Crippen MR) is 67.1 cm³/mol. The molecular formula is C13H16N2O2. The molecule has 0 unspecified atom stereocenters. The predicted octanol–water partition coefficient (Wildman–Crippen LogP) is 2.51. The maximum Gasteiger partial charge on any atom is 0.290 e. The molecule has 0 saturated heterocycles. The Kier molecular flexibility index (Phi) is 4.57. The van der Waals surface area contributed by atoms with Gasteiger partial charge in [0.05, 0.1) is 22.4 Å². The summed E-state index contributed by atoms with van der Waals surface area (Å²) in [5, 5.41) is 6.89. The van der Waals surface area contributed by atoms with Crippen molar-refractivity contribution in [2.24, 2.45) is 0 Å². The number of carbonyl (C=O) groups is 1. The second-order valence-corrected chi connectivity index (χ2v) is 3.71. The lowest BCUT2D eigenvalue weighted by Crippen LogP contribution is -1.96. The number of benzene rings is 1. The van der Waals surface area contributed by atoms with Crippen molar-refractivity contribution in [3.63, 3.8) is 0 Å². The molecule has 0 aliphatic rings. The van der Waals surface area contributed by atoms with Gasteiger partial charge in [0.2, 0.25) is 0 Å². The van der Waals surface area contributed by atoms with E-state index in [2.05, 4.69) is 35.9 Å². The summed E-state index contributed by atoms with van der Waals surface area (Å²) in [5.41, 5.74) is 5.38. The second-order valence-electron chi connectivity index (χ2n) is 3.71. The first kappa shape index (κ1) is 13.1. The van der Waals surface area contributed by atoms with E-state index in [1.54, 1.807) is 0 Å². The van der Waals surface area contributed by atoms with E-state index in [-0.39, 0.29) is 6.47 Å². The first-order valence-electron chi connectivity index (χ1n) is 5.44. The molecule has 1 aromatic carbocycles. The summed E-state index contributed by atoms with van der Waals surface area (Å²) in [4.78, 5) is 17.5. The normalized spacial score (nSPS) is 9.59. The van der Waals surface area contributed by atoms with Crippen LogP contribution in [0, 0.1) is 13.8 Å². The van der Waals surface area contributed by atoms with Crippen molar-refractivity contribution in [2.45, 2.75) is 27.2 Å². The Bertz CT molecular complexity index is 524. The fourth-order valence-electron chi connectivity index (χ4n) is 1.62. The summed E-state index contributed by atoms with van der Waals surface area (Å²) in [6, 6.07) is 6.19. The monoisotopic (exact) mass is 232 g/mol. The Morgan fingerprint density at radius 2 is 1.88 bits per heavy atom. The minimum Gasteiger partial charge on any atom is -0.483 e. The van der Waals surface area contributed by atoms with Crippen LogP contribution >= 0.6 is 0 Å². The van der Waals surface area contributed by atoms with Gasteiger partial charge in [-0.2, -0.15) is 0 Å². The Hall–Kier alpha value is -1.97. The maximum atomic E-state index is 8.36. The minimum atomic E-state index is -0.250. The lowest BCUT2D eigenvalue weighted by molar-refractivity contribution is -0.122. The summed E-state index contributed by atoms with van der Waals surface area (Å²) in [5.74, 6) is 0. The van der Waals surface area contributed by atoms with E-state index >= 15 is 0 Å². The topological polar surface area (TPSA) is 63.1 Å². The lowest BCUT2D eigenvalue weighted by atomic mass is 10.2. The molecule has 17 heavy (non-hydrogen) atoms. The molecule has 2 rings (SSSR count). The lowest BCUT2D eigenvalue weighted by Gasteiger charge is -2.04. The minimum absolute atomic E-state index is 0.250. The van der Waals surface area contributed by atoms with E-state index in [4.69, 9.17) is 9.90 Å². The zero-order chi connectivity index (χ0) is 12.8. The maximum absolute atomic E-state index is 8.36. The smallest absolute Gasteiger partial charge is 0.290 e. The van der Waals surface area contributed by atoms with E-state index in [1.165, 1.54) is 5.56 Å². The number of rotatable bonds is 1. The Morgan fingerprint density at radius 1 is 1.24 bits per heavy atom. The summed E-state index contributed by atoms with van der Waals surface area (Å²) >= 11 is 0. The average molecular weight is 232 g/mol. The van der Waals surface area contributed by atoms with Gasteiger partial charge >= 0.3 is 0 Å². The molecular weight excluding hydrogens is 216 g/mol. The summed E-state index contributed by atoms with van der Waals surface area (Å²) in [7, 11) is 0. The van der Waals surface area contributed by atoms with Crippen molar-refractivity contribution in [2.75, 3.05) is 0 Å². The third-order valence-corrected chi connectivity index (χ3v) is 2.43. The van der Waals surface area contributed by atoms with Crippen LogP contribution in [-0.2, 0) is 11.2 Å². The van der Waals surface area contributed by atoms with Gasteiger partial charge in [0.15, 0.2) is 0 Å². The molecule has 1 heterocycles. The largest absolute Gasteiger partial charge is 0.483 e. The van der Waals surface area contributed by atoms with Crippen LogP contribution in [0.25, 0.3) is 11.0 Å². The Morgan fingerprint density at radius 3 is 2.47 bits per heavy atom. The molecule has 1 N–H and O–H groups in total. The number of hydrogen-bond acceptors (Lipinski definition) is 3. The van der Waals surface area contributed by atoms with Gasteiger partial charge in [-0.3, -0.25) is 4.79 Å². The van der Waals surface area contributed by atoms with Crippen molar-refractivity contribution >= 4 is 17.5 Å². The Labute approximate surface area is 100 Å². The average Bonchev–Trinajstić information content (AvgIpc) is 2.29. The van der Waals surface area contributed by atoms with Crippen LogP contribution in [0.3, 0.4) is 0 Å². The van der Waals surface area contributed by atoms with Crippen molar-refractivity contribution in [1.29, 1.82) is 0 Å². The summed E-state index contributed by atoms with van der Waals surface area (Å²) in [6.45, 7) is 5.95. The molecule has 0 bridgehead atoms. The van der Waals surface area contributed by atoms with Crippen LogP contribution in [0.4, 0.5) is 0 Å². The van der Waals surface area contributed by atoms with E-state index in [0.29, 0.717) is 0 Å². The van der Waals surface area contributed by atoms with E-state index in [9.17, 15) is 0 Å². The SMILES string of the molecule is CCc1nc2ccc(C)cc2nc1C.O=CO. The molecule has 0 aliphatic carbocycles. The molecule has 0 atom stereocenters. The van der Waals surface area contributed by atoms with Crippen LogP contribution in [0.2, 0.25) is 0 Å². The summed E-state index contributed by atoms with van der Waals surface area (Å²) in [6.07, 6.45) is 0.947. The van der Waals surface area contributed by atoms with Crippen molar-refractivity contribution in [3.8, 4) is 0 Å². The molecule has 1 aromatic heterocycles. The molecule has 4 heteroatoms. The molecule has 0 fully saturated rings. The number of nitrogens with zero attached hydrogens (tertiary/aromatic N) is 2. The standard InChI is InChI=1S/C12H14N2.CH2O2/c1-4-10-9(3)13-12-7-8(2)5-6-11(12)14-10;2-1-3/h5-7H,4H2,1-3H3;1H,(H,2,3). The molecule has 0 aliphatic heterocycles. The highest BCUT2D eigenvalue weighted by Gasteiger charge is 2.02. The van der Waals surface area contributed by atoms with Gasteiger partial charge in [0, 0.05) is 0 Å². The zero-order valence-electron chi connectivity index (χ0n) is 10.3. The highest BCUT2D eigenvalue weighted by molar-refractivity contribution is 5.75. The second kappa shape index (κ2) is 5.94. The fourth-order valence-corrected chi connectivity index (χ4v) is 1.62. The van der Waals surface area contributed by atoms with Crippen LogP contribution < -0.4 is 0 Å². The third-order valence-electron chi connectivity index (χ3n) is 2.43. The molecule has 0 saturated carbocycles. The molecule has 0 amide bonds. The van der Waals surface area contributed by atoms with Crippen LogP contribution in [-0.4, -0.2) is 21.5 Å². The highest BCUT2D eigenvalue weighted by Crippen LogP contribution is 2.14. The number of hydrogen-bond donors (Lipinski definition) is 1. The van der Waals surface area contributed by atoms with Gasteiger partial charge < -0.3 is 5.11 Å². The van der Waals surface area contributed by atoms with E-state index < -0.39 is 0 Å². The van der Waals surface area contributed by atoms with Crippen LogP contribution in [0.5, 0.6) is 0 Å². The molecule has 0 radical (unpaired) electrons. The molecule has 4 nitrogen and oxygen atoms in total. The van der Waals surface area contributed by atoms with Crippen LogP contribution in [0.1, 0.15) is 23.9 Å². The van der Waals surface area contributed by atoms with E-state index in [1.807, 2.05) is 13.0 Å². The van der Waals surface area contributed by atoms with Gasteiger partial charge in [0.1, 0.15) is 0 Å². The number of aromatic nitrogens is 2.